The molecule has 3 rings (SSSR count). The molecular formula is C18H24N4O2. The summed E-state index contributed by atoms with van der Waals surface area (Å²) in [4.78, 5) is 24.0. The molecule has 0 saturated carbocycles. The highest BCUT2D eigenvalue weighted by atomic mass is 16.3. The molecule has 0 unspecified atom stereocenters. The average Bonchev–Trinajstić information content (AvgIpc) is 2.58. The van der Waals surface area contributed by atoms with Gasteiger partial charge in [-0.05, 0) is 31.5 Å². The lowest BCUT2D eigenvalue weighted by atomic mass is 10.2. The van der Waals surface area contributed by atoms with E-state index in [0.717, 1.165) is 26.2 Å². The number of benzene rings is 1. The number of hydrogen-bond acceptors (Lipinski definition) is 5. The van der Waals surface area contributed by atoms with E-state index in [-0.39, 0.29) is 12.2 Å². The highest BCUT2D eigenvalue weighted by molar-refractivity contribution is 5.50. The maximum Gasteiger partial charge on any atom is 0.255 e. The highest BCUT2D eigenvalue weighted by Crippen LogP contribution is 2.19. The van der Waals surface area contributed by atoms with Gasteiger partial charge < -0.3 is 14.9 Å². The van der Waals surface area contributed by atoms with Crippen LogP contribution in [0.1, 0.15) is 16.8 Å². The van der Waals surface area contributed by atoms with Crippen LogP contribution in [0.3, 0.4) is 0 Å². The number of nitrogens with one attached hydrogen (secondary N) is 1. The molecule has 1 aliphatic heterocycles. The molecule has 24 heavy (non-hydrogen) atoms. The van der Waals surface area contributed by atoms with E-state index in [1.165, 1.54) is 11.3 Å². The average molecular weight is 328 g/mol. The summed E-state index contributed by atoms with van der Waals surface area (Å²) in [5.41, 5.74) is 3.62. The fourth-order valence-electron chi connectivity index (χ4n) is 3.15. The Balaban J connectivity index is 1.72. The van der Waals surface area contributed by atoms with E-state index in [1.807, 2.05) is 6.92 Å². The van der Waals surface area contributed by atoms with E-state index in [0.29, 0.717) is 23.6 Å². The fourth-order valence-corrected chi connectivity index (χ4v) is 3.15. The number of aryl methyl sites for hydroxylation is 2. The monoisotopic (exact) mass is 328 g/mol. The summed E-state index contributed by atoms with van der Waals surface area (Å²) in [6, 6.07) is 8.52. The minimum absolute atomic E-state index is 0.0416. The first-order valence-electron chi connectivity index (χ1n) is 8.35. The van der Waals surface area contributed by atoms with Crippen LogP contribution in [0, 0.1) is 13.8 Å². The third-order valence-electron chi connectivity index (χ3n) is 4.52. The van der Waals surface area contributed by atoms with Crippen LogP contribution < -0.4 is 15.4 Å². The van der Waals surface area contributed by atoms with Gasteiger partial charge in [-0.25, -0.2) is 4.98 Å². The molecule has 0 aliphatic carbocycles. The highest BCUT2D eigenvalue weighted by Gasteiger charge is 2.20. The minimum Gasteiger partial charge on any atom is -0.396 e. The zero-order chi connectivity index (χ0) is 17.1. The quantitative estimate of drug-likeness (QED) is 0.884. The van der Waals surface area contributed by atoms with Crippen LogP contribution >= 0.6 is 0 Å². The van der Waals surface area contributed by atoms with Gasteiger partial charge in [0.25, 0.3) is 5.56 Å². The summed E-state index contributed by atoms with van der Waals surface area (Å²) in [5, 5.41) is 9.05. The van der Waals surface area contributed by atoms with Crippen LogP contribution in [-0.2, 0) is 6.42 Å². The molecule has 1 aromatic carbocycles. The number of aliphatic hydroxyl groups excluding tert-OH is 1. The lowest BCUT2D eigenvalue weighted by Crippen LogP contribution is -2.47. The molecule has 0 radical (unpaired) electrons. The first-order valence-corrected chi connectivity index (χ1v) is 8.35. The van der Waals surface area contributed by atoms with Gasteiger partial charge in [0, 0.05) is 50.5 Å². The molecule has 2 aromatic rings. The summed E-state index contributed by atoms with van der Waals surface area (Å²) < 4.78 is 0. The lowest BCUT2D eigenvalue weighted by Gasteiger charge is -2.36. The molecule has 6 nitrogen and oxygen atoms in total. The molecule has 0 bridgehead atoms. The number of piperazine rings is 1. The van der Waals surface area contributed by atoms with Crippen LogP contribution in [0.25, 0.3) is 0 Å². The van der Waals surface area contributed by atoms with Crippen LogP contribution in [0.2, 0.25) is 0 Å². The molecule has 6 heteroatoms. The standard InChI is InChI=1S/C18H24N4O2/c1-13-4-3-5-15(12-13)21-7-9-22(10-8-21)18-19-14(2)16(6-11-23)17(24)20-18/h3-5,12,23H,6-11H2,1-2H3,(H,19,20,24). The van der Waals surface area contributed by atoms with E-state index in [1.54, 1.807) is 0 Å². The van der Waals surface area contributed by atoms with Gasteiger partial charge in [-0.15, -0.1) is 0 Å². The van der Waals surface area contributed by atoms with Crippen molar-refractivity contribution in [1.82, 2.24) is 9.97 Å². The van der Waals surface area contributed by atoms with E-state index in [4.69, 9.17) is 5.11 Å². The third-order valence-corrected chi connectivity index (χ3v) is 4.52. The van der Waals surface area contributed by atoms with Gasteiger partial charge in [0.05, 0.1) is 5.69 Å². The van der Waals surface area contributed by atoms with Crippen molar-refractivity contribution in [3.05, 3.63) is 51.4 Å². The first kappa shape index (κ1) is 16.5. The zero-order valence-corrected chi connectivity index (χ0v) is 14.2. The van der Waals surface area contributed by atoms with Crippen molar-refractivity contribution in [2.45, 2.75) is 20.3 Å². The fraction of sp³-hybridized carbons (Fsp3) is 0.444. The van der Waals surface area contributed by atoms with Crippen molar-refractivity contribution in [2.24, 2.45) is 0 Å². The molecule has 1 saturated heterocycles. The minimum atomic E-state index is -0.146. The first-order chi connectivity index (χ1) is 11.6. The van der Waals surface area contributed by atoms with Gasteiger partial charge in [0.2, 0.25) is 5.95 Å². The summed E-state index contributed by atoms with van der Waals surface area (Å²) >= 11 is 0. The van der Waals surface area contributed by atoms with Crippen molar-refractivity contribution in [2.75, 3.05) is 42.6 Å². The Morgan fingerprint density at radius 1 is 1.17 bits per heavy atom. The smallest absolute Gasteiger partial charge is 0.255 e. The normalized spacial score (nSPS) is 15.0. The Hall–Kier alpha value is -2.34. The zero-order valence-electron chi connectivity index (χ0n) is 14.2. The molecule has 2 heterocycles. The Morgan fingerprint density at radius 3 is 2.50 bits per heavy atom. The van der Waals surface area contributed by atoms with Crippen LogP contribution in [0.15, 0.2) is 29.1 Å². The Kier molecular flexibility index (Phi) is 4.85. The number of nitrogens with zero attached hydrogens (tertiary/aromatic N) is 3. The Morgan fingerprint density at radius 2 is 1.88 bits per heavy atom. The lowest BCUT2D eigenvalue weighted by molar-refractivity contribution is 0.298. The summed E-state index contributed by atoms with van der Waals surface area (Å²) in [6.07, 6.45) is 0.343. The van der Waals surface area contributed by atoms with Crippen LogP contribution in [0.4, 0.5) is 11.6 Å². The number of aromatic amines is 1. The van der Waals surface area contributed by atoms with Crippen molar-refractivity contribution in [3.8, 4) is 0 Å². The molecule has 0 spiro atoms. The van der Waals surface area contributed by atoms with Gasteiger partial charge in [-0.1, -0.05) is 12.1 Å². The van der Waals surface area contributed by atoms with E-state index in [2.05, 4.69) is 51.0 Å². The van der Waals surface area contributed by atoms with Gasteiger partial charge >= 0.3 is 0 Å². The van der Waals surface area contributed by atoms with Gasteiger partial charge in [0.15, 0.2) is 0 Å². The second-order valence-corrected chi connectivity index (χ2v) is 6.24. The largest absolute Gasteiger partial charge is 0.396 e. The number of anilines is 2. The molecule has 1 aromatic heterocycles. The predicted molar refractivity (Wildman–Crippen MR) is 96.0 cm³/mol. The number of aromatic nitrogens is 2. The molecule has 0 amide bonds. The molecule has 128 valence electrons. The maximum atomic E-state index is 12.2. The SMILES string of the molecule is Cc1cccc(N2CCN(c3nc(C)c(CCO)c(=O)[nH]3)CC2)c1. The molecule has 2 N–H and O–H groups in total. The second-order valence-electron chi connectivity index (χ2n) is 6.24. The van der Waals surface area contributed by atoms with Crippen molar-refractivity contribution < 1.29 is 5.11 Å². The summed E-state index contributed by atoms with van der Waals surface area (Å²) in [7, 11) is 0. The van der Waals surface area contributed by atoms with E-state index < -0.39 is 0 Å². The predicted octanol–water partition coefficient (Wildman–Crippen LogP) is 1.25. The topological polar surface area (TPSA) is 72.5 Å². The Bertz CT molecular complexity index is 764. The van der Waals surface area contributed by atoms with E-state index in [9.17, 15) is 4.79 Å². The van der Waals surface area contributed by atoms with Crippen LogP contribution in [0.5, 0.6) is 0 Å². The summed E-state index contributed by atoms with van der Waals surface area (Å²) in [5.74, 6) is 0.628. The Labute approximate surface area is 141 Å². The van der Waals surface area contributed by atoms with Crippen LogP contribution in [-0.4, -0.2) is 47.9 Å². The maximum absolute atomic E-state index is 12.2. The number of H-pyrrole nitrogens is 1. The second kappa shape index (κ2) is 7.05. The molecule has 1 aliphatic rings. The molecule has 0 atom stereocenters. The van der Waals surface area contributed by atoms with Crippen molar-refractivity contribution in [1.29, 1.82) is 0 Å². The van der Waals surface area contributed by atoms with Gasteiger partial charge in [-0.3, -0.25) is 9.78 Å². The van der Waals surface area contributed by atoms with Crippen molar-refractivity contribution >= 4 is 11.6 Å². The van der Waals surface area contributed by atoms with Gasteiger partial charge in [0.1, 0.15) is 0 Å². The van der Waals surface area contributed by atoms with E-state index >= 15 is 0 Å². The summed E-state index contributed by atoms with van der Waals surface area (Å²) in [6.45, 7) is 7.30. The number of rotatable bonds is 4. The number of hydrogen-bond donors (Lipinski definition) is 2. The third kappa shape index (κ3) is 3.43. The van der Waals surface area contributed by atoms with Crippen molar-refractivity contribution in [3.63, 3.8) is 0 Å². The number of aliphatic hydroxyl groups is 1. The molecular weight excluding hydrogens is 304 g/mol. The molecule has 1 fully saturated rings. The van der Waals surface area contributed by atoms with Gasteiger partial charge in [-0.2, -0.15) is 0 Å².